The van der Waals surface area contributed by atoms with Crippen LogP contribution in [0.15, 0.2) is 24.3 Å². The highest BCUT2D eigenvalue weighted by Crippen LogP contribution is 2.25. The molecule has 2 rings (SSSR count). The zero-order valence-electron chi connectivity index (χ0n) is 16.0. The number of carboxylic acid groups (broad SMARTS) is 1. The SMILES string of the molecule is CC=Cc1cc(C(=O)O)ccc1N1CCCN(C(=O)OC(C)(C)C)CC1. The van der Waals surface area contributed by atoms with Gasteiger partial charge in [-0.3, -0.25) is 0 Å². The number of benzene rings is 1. The van der Waals surface area contributed by atoms with Crippen molar-refractivity contribution >= 4 is 23.8 Å². The van der Waals surface area contributed by atoms with Crippen molar-refractivity contribution in [2.75, 3.05) is 31.1 Å². The monoisotopic (exact) mass is 360 g/mol. The van der Waals surface area contributed by atoms with Crippen LogP contribution in [0.1, 0.15) is 50.0 Å². The Hall–Kier alpha value is -2.50. The molecule has 0 bridgehead atoms. The third-order valence-electron chi connectivity index (χ3n) is 4.11. The Morgan fingerprint density at radius 3 is 2.50 bits per heavy atom. The van der Waals surface area contributed by atoms with Gasteiger partial charge in [-0.2, -0.15) is 0 Å². The molecule has 6 nitrogen and oxygen atoms in total. The van der Waals surface area contributed by atoms with Gasteiger partial charge < -0.3 is 19.6 Å². The van der Waals surface area contributed by atoms with Gasteiger partial charge in [0.2, 0.25) is 0 Å². The van der Waals surface area contributed by atoms with Crippen molar-refractivity contribution in [3.8, 4) is 0 Å². The van der Waals surface area contributed by atoms with Crippen LogP contribution in [0.3, 0.4) is 0 Å². The van der Waals surface area contributed by atoms with E-state index in [2.05, 4.69) is 4.90 Å². The number of ether oxygens (including phenoxy) is 1. The molecule has 142 valence electrons. The Morgan fingerprint density at radius 2 is 1.88 bits per heavy atom. The van der Waals surface area contributed by atoms with Gasteiger partial charge in [0.05, 0.1) is 5.56 Å². The summed E-state index contributed by atoms with van der Waals surface area (Å²) in [5.74, 6) is -0.936. The second-order valence-corrected chi connectivity index (χ2v) is 7.39. The number of aromatic carboxylic acids is 1. The molecule has 0 spiro atoms. The summed E-state index contributed by atoms with van der Waals surface area (Å²) in [6.07, 6.45) is 4.36. The van der Waals surface area contributed by atoms with Gasteiger partial charge in [0.1, 0.15) is 5.60 Å². The number of hydrogen-bond donors (Lipinski definition) is 1. The third kappa shape index (κ3) is 5.25. The minimum absolute atomic E-state index is 0.270. The summed E-state index contributed by atoms with van der Waals surface area (Å²) in [4.78, 5) is 27.5. The van der Waals surface area contributed by atoms with Gasteiger partial charge in [0.15, 0.2) is 0 Å². The van der Waals surface area contributed by atoms with E-state index in [1.54, 1.807) is 17.0 Å². The zero-order chi connectivity index (χ0) is 19.3. The molecule has 6 heteroatoms. The molecule has 1 N–H and O–H groups in total. The van der Waals surface area contributed by atoms with Gasteiger partial charge in [-0.05, 0) is 57.9 Å². The van der Waals surface area contributed by atoms with Crippen molar-refractivity contribution in [3.05, 3.63) is 35.4 Å². The number of amides is 1. The fourth-order valence-corrected chi connectivity index (χ4v) is 2.96. The van der Waals surface area contributed by atoms with Crippen LogP contribution in [0, 0.1) is 0 Å². The molecule has 1 amide bonds. The fraction of sp³-hybridized carbons (Fsp3) is 0.500. The number of carbonyl (C=O) groups excluding carboxylic acids is 1. The van der Waals surface area contributed by atoms with Crippen molar-refractivity contribution in [1.29, 1.82) is 0 Å². The molecular weight excluding hydrogens is 332 g/mol. The lowest BCUT2D eigenvalue weighted by Gasteiger charge is -2.27. The third-order valence-corrected chi connectivity index (χ3v) is 4.11. The number of carboxylic acids is 1. The largest absolute Gasteiger partial charge is 0.478 e. The molecular formula is C20H28N2O4. The molecule has 0 radical (unpaired) electrons. The van der Waals surface area contributed by atoms with Crippen molar-refractivity contribution in [2.45, 2.75) is 39.7 Å². The first-order valence-electron chi connectivity index (χ1n) is 8.94. The first-order valence-corrected chi connectivity index (χ1v) is 8.94. The van der Waals surface area contributed by atoms with E-state index in [4.69, 9.17) is 4.74 Å². The van der Waals surface area contributed by atoms with Crippen LogP contribution in [0.5, 0.6) is 0 Å². The van der Waals surface area contributed by atoms with E-state index in [0.29, 0.717) is 19.6 Å². The number of carbonyl (C=O) groups is 2. The molecule has 1 fully saturated rings. The average Bonchev–Trinajstić information content (AvgIpc) is 2.79. The standard InChI is InChI=1S/C20H28N2O4/c1-5-7-15-14-16(18(23)24)8-9-17(15)21-10-6-11-22(13-12-21)19(25)26-20(2,3)4/h5,7-9,14H,6,10-13H2,1-4H3,(H,23,24). The van der Waals surface area contributed by atoms with E-state index < -0.39 is 11.6 Å². The van der Waals surface area contributed by atoms with Crippen molar-refractivity contribution in [1.82, 2.24) is 4.90 Å². The second kappa shape index (κ2) is 8.25. The van der Waals surface area contributed by atoms with Crippen LogP contribution in [-0.4, -0.2) is 53.8 Å². The highest BCUT2D eigenvalue weighted by atomic mass is 16.6. The number of hydrogen-bond acceptors (Lipinski definition) is 4. The molecule has 26 heavy (non-hydrogen) atoms. The van der Waals surface area contributed by atoms with Crippen LogP contribution in [0.2, 0.25) is 0 Å². The van der Waals surface area contributed by atoms with Gasteiger partial charge in [-0.1, -0.05) is 12.2 Å². The molecule has 0 aromatic heterocycles. The van der Waals surface area contributed by atoms with Crippen LogP contribution in [0.25, 0.3) is 6.08 Å². The number of nitrogens with zero attached hydrogens (tertiary/aromatic N) is 2. The number of rotatable bonds is 3. The second-order valence-electron chi connectivity index (χ2n) is 7.39. The molecule has 1 saturated heterocycles. The molecule has 1 heterocycles. The summed E-state index contributed by atoms with van der Waals surface area (Å²) in [6.45, 7) is 10.2. The molecule has 0 atom stereocenters. The van der Waals surface area contributed by atoms with Gasteiger partial charge >= 0.3 is 12.1 Å². The van der Waals surface area contributed by atoms with Gasteiger partial charge in [0.25, 0.3) is 0 Å². The average molecular weight is 360 g/mol. The minimum Gasteiger partial charge on any atom is -0.478 e. The Bertz CT molecular complexity index is 692. The first-order chi connectivity index (χ1) is 12.2. The molecule has 1 aromatic carbocycles. The lowest BCUT2D eigenvalue weighted by molar-refractivity contribution is 0.0263. The Morgan fingerprint density at radius 1 is 1.15 bits per heavy atom. The maximum absolute atomic E-state index is 12.3. The van der Waals surface area contributed by atoms with Gasteiger partial charge in [-0.15, -0.1) is 0 Å². The maximum Gasteiger partial charge on any atom is 0.410 e. The fourth-order valence-electron chi connectivity index (χ4n) is 2.96. The quantitative estimate of drug-likeness (QED) is 0.886. The molecule has 1 aliphatic rings. The molecule has 0 aliphatic carbocycles. The van der Waals surface area contributed by atoms with Crippen LogP contribution in [-0.2, 0) is 4.74 Å². The summed E-state index contributed by atoms with van der Waals surface area (Å²) in [5.41, 5.74) is 1.62. The number of allylic oxidation sites excluding steroid dienone is 1. The lowest BCUT2D eigenvalue weighted by atomic mass is 10.1. The van der Waals surface area contributed by atoms with Crippen LogP contribution in [0.4, 0.5) is 10.5 Å². The lowest BCUT2D eigenvalue weighted by Crippen LogP contribution is -2.39. The first kappa shape index (κ1) is 19.8. The van der Waals surface area contributed by atoms with Crippen LogP contribution >= 0.6 is 0 Å². The van der Waals surface area contributed by atoms with E-state index in [1.807, 2.05) is 45.9 Å². The van der Waals surface area contributed by atoms with Gasteiger partial charge in [0, 0.05) is 31.9 Å². The Balaban J connectivity index is 2.16. The normalized spacial score (nSPS) is 15.8. The Labute approximate surface area is 155 Å². The topological polar surface area (TPSA) is 70.1 Å². The van der Waals surface area contributed by atoms with E-state index in [1.165, 1.54) is 0 Å². The summed E-state index contributed by atoms with van der Waals surface area (Å²) >= 11 is 0. The number of anilines is 1. The van der Waals surface area contributed by atoms with Crippen molar-refractivity contribution in [3.63, 3.8) is 0 Å². The van der Waals surface area contributed by atoms with Crippen molar-refractivity contribution in [2.24, 2.45) is 0 Å². The predicted octanol–water partition coefficient (Wildman–Crippen LogP) is 3.87. The highest BCUT2D eigenvalue weighted by Gasteiger charge is 2.25. The Kier molecular flexibility index (Phi) is 6.29. The molecule has 0 unspecified atom stereocenters. The zero-order valence-corrected chi connectivity index (χ0v) is 16.0. The summed E-state index contributed by atoms with van der Waals surface area (Å²) < 4.78 is 5.47. The summed E-state index contributed by atoms with van der Waals surface area (Å²) in [6, 6.07) is 5.16. The van der Waals surface area contributed by atoms with E-state index in [0.717, 1.165) is 24.2 Å². The minimum atomic E-state index is -0.936. The molecule has 1 aliphatic heterocycles. The summed E-state index contributed by atoms with van der Waals surface area (Å²) in [5, 5.41) is 9.22. The predicted molar refractivity (Wildman–Crippen MR) is 103 cm³/mol. The highest BCUT2D eigenvalue weighted by molar-refractivity contribution is 5.89. The summed E-state index contributed by atoms with van der Waals surface area (Å²) in [7, 11) is 0. The molecule has 0 saturated carbocycles. The van der Waals surface area contributed by atoms with E-state index in [9.17, 15) is 14.7 Å². The maximum atomic E-state index is 12.3. The van der Waals surface area contributed by atoms with Crippen molar-refractivity contribution < 1.29 is 19.4 Å². The van der Waals surface area contributed by atoms with Crippen LogP contribution < -0.4 is 4.90 Å². The molecule has 1 aromatic rings. The van der Waals surface area contributed by atoms with E-state index in [-0.39, 0.29) is 11.7 Å². The van der Waals surface area contributed by atoms with E-state index >= 15 is 0 Å². The smallest absolute Gasteiger partial charge is 0.410 e. The van der Waals surface area contributed by atoms with Gasteiger partial charge in [-0.25, -0.2) is 9.59 Å².